The highest BCUT2D eigenvalue weighted by Crippen LogP contribution is 2.61. The number of hydrogen-bond acceptors (Lipinski definition) is 1. The molecule has 0 spiro atoms. The predicted octanol–water partition coefficient (Wildman–Crippen LogP) is 7.07. The van der Waals surface area contributed by atoms with Gasteiger partial charge in [-0.05, 0) is 97.6 Å². The van der Waals surface area contributed by atoms with Gasteiger partial charge in [-0.15, -0.1) is 0 Å². The minimum Gasteiger partial charge on any atom is -0.490 e. The molecule has 0 aromatic heterocycles. The van der Waals surface area contributed by atoms with Crippen molar-refractivity contribution in [1.29, 1.82) is 0 Å². The summed E-state index contributed by atoms with van der Waals surface area (Å²) in [5.74, 6) is 7.46. The molecule has 144 valence electrons. The van der Waals surface area contributed by atoms with E-state index in [1.165, 1.54) is 50.5 Å². The molecule has 0 aliphatic heterocycles. The van der Waals surface area contributed by atoms with Crippen molar-refractivity contribution in [3.63, 3.8) is 0 Å². The summed E-state index contributed by atoms with van der Waals surface area (Å²) in [5, 5.41) is 0. The fourth-order valence-corrected chi connectivity index (χ4v) is 6.52. The Labute approximate surface area is 160 Å². The molecule has 4 rings (SSSR count). The van der Waals surface area contributed by atoms with Crippen LogP contribution in [0.3, 0.4) is 0 Å². The lowest BCUT2D eigenvalue weighted by Gasteiger charge is -2.34. The highest BCUT2D eigenvalue weighted by Gasteiger charge is 2.53. The lowest BCUT2D eigenvalue weighted by atomic mass is 9.73. The van der Waals surface area contributed by atoms with Gasteiger partial charge < -0.3 is 4.74 Å². The van der Waals surface area contributed by atoms with E-state index in [-0.39, 0.29) is 0 Å². The zero-order valence-electron chi connectivity index (χ0n) is 17.3. The molecule has 1 aromatic rings. The third-order valence-corrected chi connectivity index (χ3v) is 8.19. The summed E-state index contributed by atoms with van der Waals surface area (Å²) >= 11 is 0. The van der Waals surface area contributed by atoms with E-state index < -0.39 is 0 Å². The Morgan fingerprint density at radius 2 is 1.69 bits per heavy atom. The second-order valence-electron chi connectivity index (χ2n) is 9.93. The van der Waals surface area contributed by atoms with E-state index in [1.54, 1.807) is 0 Å². The standard InChI is InChI=1S/C25H38O/c1-5-17(4)18-9-11-21(12-10-18)26-25(16(2)3)15-20-13-19-14-24(20)23-8-6-7-22(19)23/h9-12,16-17,19-20,22-25H,5-8,13-15H2,1-4H3. The average molecular weight is 355 g/mol. The van der Waals surface area contributed by atoms with Gasteiger partial charge in [-0.1, -0.05) is 46.2 Å². The van der Waals surface area contributed by atoms with E-state index in [4.69, 9.17) is 4.74 Å². The molecule has 0 heterocycles. The van der Waals surface area contributed by atoms with Crippen LogP contribution in [-0.2, 0) is 0 Å². The SMILES string of the molecule is CCC(C)c1ccc(OC(CC2CC3CC2C2CCCC32)C(C)C)cc1. The predicted molar refractivity (Wildman–Crippen MR) is 110 cm³/mol. The quantitative estimate of drug-likeness (QED) is 0.509. The molecule has 3 saturated carbocycles. The summed E-state index contributed by atoms with van der Waals surface area (Å²) in [6.07, 6.45) is 10.4. The monoisotopic (exact) mass is 354 g/mol. The third kappa shape index (κ3) is 3.43. The highest BCUT2D eigenvalue weighted by molar-refractivity contribution is 5.29. The fraction of sp³-hybridized carbons (Fsp3) is 0.760. The van der Waals surface area contributed by atoms with E-state index in [0.717, 1.165) is 35.3 Å². The number of ether oxygens (including phenoxy) is 1. The van der Waals surface area contributed by atoms with Crippen LogP contribution in [0, 0.1) is 35.5 Å². The van der Waals surface area contributed by atoms with Crippen molar-refractivity contribution in [2.75, 3.05) is 0 Å². The van der Waals surface area contributed by atoms with E-state index in [9.17, 15) is 0 Å². The number of rotatable bonds is 7. The Bertz CT molecular complexity index is 589. The molecule has 1 aromatic carbocycles. The fourth-order valence-electron chi connectivity index (χ4n) is 6.52. The van der Waals surface area contributed by atoms with E-state index >= 15 is 0 Å². The van der Waals surface area contributed by atoms with E-state index in [1.807, 2.05) is 0 Å². The summed E-state index contributed by atoms with van der Waals surface area (Å²) in [4.78, 5) is 0. The summed E-state index contributed by atoms with van der Waals surface area (Å²) in [6.45, 7) is 9.24. The van der Waals surface area contributed by atoms with Crippen LogP contribution in [-0.4, -0.2) is 6.10 Å². The highest BCUT2D eigenvalue weighted by atomic mass is 16.5. The zero-order chi connectivity index (χ0) is 18.3. The Hall–Kier alpha value is -0.980. The molecule has 2 bridgehead atoms. The summed E-state index contributed by atoms with van der Waals surface area (Å²) < 4.78 is 6.53. The summed E-state index contributed by atoms with van der Waals surface area (Å²) in [5.41, 5.74) is 1.43. The Morgan fingerprint density at radius 3 is 2.38 bits per heavy atom. The first-order valence-corrected chi connectivity index (χ1v) is 11.3. The average Bonchev–Trinajstić information content (AvgIpc) is 3.34. The van der Waals surface area contributed by atoms with Gasteiger partial charge >= 0.3 is 0 Å². The van der Waals surface area contributed by atoms with Crippen molar-refractivity contribution in [3.8, 4) is 5.75 Å². The maximum atomic E-state index is 6.53. The van der Waals surface area contributed by atoms with Crippen molar-refractivity contribution < 1.29 is 4.74 Å². The van der Waals surface area contributed by atoms with Gasteiger partial charge in [0, 0.05) is 0 Å². The van der Waals surface area contributed by atoms with Crippen molar-refractivity contribution in [3.05, 3.63) is 29.8 Å². The first kappa shape index (κ1) is 18.4. The smallest absolute Gasteiger partial charge is 0.119 e. The molecule has 0 amide bonds. The molecule has 0 N–H and O–H groups in total. The molecular weight excluding hydrogens is 316 g/mol. The number of fused-ring (bicyclic) bond motifs is 5. The summed E-state index contributed by atoms with van der Waals surface area (Å²) in [6, 6.07) is 8.93. The van der Waals surface area contributed by atoms with Crippen molar-refractivity contribution in [1.82, 2.24) is 0 Å². The molecular formula is C25H38O. The topological polar surface area (TPSA) is 9.23 Å². The van der Waals surface area contributed by atoms with Crippen LogP contribution < -0.4 is 4.74 Å². The largest absolute Gasteiger partial charge is 0.490 e. The Kier molecular flexibility index (Phi) is 5.35. The van der Waals surface area contributed by atoms with Crippen LogP contribution in [0.25, 0.3) is 0 Å². The maximum Gasteiger partial charge on any atom is 0.119 e. The Morgan fingerprint density at radius 1 is 0.962 bits per heavy atom. The molecule has 0 radical (unpaired) electrons. The first-order chi connectivity index (χ1) is 12.6. The minimum atomic E-state index is 0.369. The summed E-state index contributed by atoms with van der Waals surface area (Å²) in [7, 11) is 0. The van der Waals surface area contributed by atoms with Gasteiger partial charge in [0.2, 0.25) is 0 Å². The second-order valence-corrected chi connectivity index (χ2v) is 9.93. The number of hydrogen-bond donors (Lipinski definition) is 0. The van der Waals surface area contributed by atoms with Gasteiger partial charge in [0.05, 0.1) is 0 Å². The van der Waals surface area contributed by atoms with Gasteiger partial charge in [0.25, 0.3) is 0 Å². The second kappa shape index (κ2) is 7.56. The zero-order valence-corrected chi connectivity index (χ0v) is 17.3. The van der Waals surface area contributed by atoms with Crippen molar-refractivity contribution in [2.45, 2.75) is 84.7 Å². The van der Waals surface area contributed by atoms with Gasteiger partial charge in [-0.2, -0.15) is 0 Å². The van der Waals surface area contributed by atoms with Crippen LogP contribution in [0.2, 0.25) is 0 Å². The lowest BCUT2D eigenvalue weighted by molar-refractivity contribution is 0.0860. The molecule has 7 atom stereocenters. The molecule has 1 heteroatoms. The van der Waals surface area contributed by atoms with Crippen LogP contribution in [0.4, 0.5) is 0 Å². The first-order valence-electron chi connectivity index (χ1n) is 11.3. The van der Waals surface area contributed by atoms with Crippen molar-refractivity contribution in [2.24, 2.45) is 35.5 Å². The van der Waals surface area contributed by atoms with Gasteiger partial charge in [0.15, 0.2) is 0 Å². The van der Waals surface area contributed by atoms with Crippen molar-refractivity contribution >= 4 is 0 Å². The molecule has 3 fully saturated rings. The molecule has 26 heavy (non-hydrogen) atoms. The molecule has 7 unspecified atom stereocenters. The lowest BCUT2D eigenvalue weighted by Crippen LogP contribution is -2.32. The molecule has 1 nitrogen and oxygen atoms in total. The molecule has 3 aliphatic carbocycles. The normalized spacial score (nSPS) is 34.9. The molecule has 0 saturated heterocycles. The molecule has 3 aliphatic rings. The van der Waals surface area contributed by atoms with E-state index in [2.05, 4.69) is 52.0 Å². The Balaban J connectivity index is 1.39. The van der Waals surface area contributed by atoms with E-state index in [0.29, 0.717) is 17.9 Å². The maximum absolute atomic E-state index is 6.53. The minimum absolute atomic E-state index is 0.369. The third-order valence-electron chi connectivity index (χ3n) is 8.19. The van der Waals surface area contributed by atoms with Gasteiger partial charge in [-0.3, -0.25) is 0 Å². The van der Waals surface area contributed by atoms with Crippen LogP contribution in [0.5, 0.6) is 5.75 Å². The van der Waals surface area contributed by atoms with Crippen LogP contribution >= 0.6 is 0 Å². The van der Waals surface area contributed by atoms with Gasteiger partial charge in [0.1, 0.15) is 11.9 Å². The number of benzene rings is 1. The van der Waals surface area contributed by atoms with Crippen LogP contribution in [0.15, 0.2) is 24.3 Å². The van der Waals surface area contributed by atoms with Gasteiger partial charge in [-0.25, -0.2) is 0 Å². The van der Waals surface area contributed by atoms with Crippen LogP contribution in [0.1, 0.15) is 84.1 Å².